The summed E-state index contributed by atoms with van der Waals surface area (Å²) >= 11 is 5.16. The van der Waals surface area contributed by atoms with Gasteiger partial charge in [0.1, 0.15) is 5.82 Å². The van der Waals surface area contributed by atoms with Gasteiger partial charge in [-0.3, -0.25) is 4.79 Å². The van der Waals surface area contributed by atoms with Crippen LogP contribution in [-0.2, 0) is 0 Å². The Morgan fingerprint density at radius 2 is 1.83 bits per heavy atom. The van der Waals surface area contributed by atoms with Crippen molar-refractivity contribution in [3.63, 3.8) is 0 Å². The Morgan fingerprint density at radius 1 is 1.25 bits per heavy atom. The number of hydrogen-bond donors (Lipinski definition) is 0. The predicted molar refractivity (Wildman–Crippen MR) is 36.7 cm³/mol. The lowest BCUT2D eigenvalue weighted by Crippen LogP contribution is -1.96. The SMILES string of the molecule is O=Cc1c(F)c(F)cc(F)c1Cl. The maximum Gasteiger partial charge on any atom is 0.171 e. The molecule has 0 atom stereocenters. The molecule has 0 amide bonds. The van der Waals surface area contributed by atoms with Gasteiger partial charge in [0.2, 0.25) is 0 Å². The zero-order chi connectivity index (χ0) is 9.30. The average Bonchev–Trinajstić information content (AvgIpc) is 2.02. The van der Waals surface area contributed by atoms with Gasteiger partial charge in [0, 0.05) is 6.07 Å². The Kier molecular flexibility index (Phi) is 2.38. The van der Waals surface area contributed by atoms with Crippen molar-refractivity contribution in [3.8, 4) is 0 Å². The van der Waals surface area contributed by atoms with E-state index in [1.807, 2.05) is 0 Å². The van der Waals surface area contributed by atoms with E-state index in [0.29, 0.717) is 0 Å². The molecule has 0 radical (unpaired) electrons. The first-order valence-electron chi connectivity index (χ1n) is 2.86. The minimum absolute atomic E-state index is 0.0379. The first kappa shape index (κ1) is 9.06. The lowest BCUT2D eigenvalue weighted by Gasteiger charge is -2.00. The van der Waals surface area contributed by atoms with Crippen LogP contribution in [-0.4, -0.2) is 6.29 Å². The van der Waals surface area contributed by atoms with Gasteiger partial charge in [-0.25, -0.2) is 13.2 Å². The van der Waals surface area contributed by atoms with Crippen molar-refractivity contribution in [2.24, 2.45) is 0 Å². The Balaban J connectivity index is 3.52. The van der Waals surface area contributed by atoms with Gasteiger partial charge in [-0.2, -0.15) is 0 Å². The third kappa shape index (κ3) is 1.30. The summed E-state index contributed by atoms with van der Waals surface area (Å²) in [4.78, 5) is 10.1. The molecule has 1 aromatic carbocycles. The Morgan fingerprint density at radius 3 is 2.33 bits per heavy atom. The van der Waals surface area contributed by atoms with E-state index in [1.54, 1.807) is 0 Å². The molecule has 0 aliphatic heterocycles. The van der Waals surface area contributed by atoms with Crippen LogP contribution in [0.15, 0.2) is 6.07 Å². The fraction of sp³-hybridized carbons (Fsp3) is 0. The highest BCUT2D eigenvalue weighted by Gasteiger charge is 2.16. The van der Waals surface area contributed by atoms with Gasteiger partial charge >= 0.3 is 0 Å². The maximum absolute atomic E-state index is 12.6. The largest absolute Gasteiger partial charge is 0.298 e. The van der Waals surface area contributed by atoms with Crippen molar-refractivity contribution >= 4 is 17.9 Å². The van der Waals surface area contributed by atoms with Crippen LogP contribution in [0.2, 0.25) is 5.02 Å². The molecular formula is C7H2ClF3O. The molecule has 1 rings (SSSR count). The zero-order valence-corrected chi connectivity index (χ0v) is 6.33. The molecule has 1 nitrogen and oxygen atoms in total. The van der Waals surface area contributed by atoms with Gasteiger partial charge in [-0.1, -0.05) is 11.6 Å². The minimum Gasteiger partial charge on any atom is -0.298 e. The summed E-state index contributed by atoms with van der Waals surface area (Å²) in [6.07, 6.45) is -0.0379. The molecule has 0 N–H and O–H groups in total. The van der Waals surface area contributed by atoms with Crippen molar-refractivity contribution in [1.29, 1.82) is 0 Å². The van der Waals surface area contributed by atoms with E-state index in [1.165, 1.54) is 0 Å². The molecule has 0 aliphatic rings. The molecule has 0 saturated carbocycles. The molecular weight excluding hydrogens is 193 g/mol. The predicted octanol–water partition coefficient (Wildman–Crippen LogP) is 2.57. The van der Waals surface area contributed by atoms with Crippen molar-refractivity contribution in [2.75, 3.05) is 0 Å². The minimum atomic E-state index is -1.43. The summed E-state index contributed by atoms with van der Waals surface area (Å²) in [6, 6.07) is 0.282. The molecule has 0 heterocycles. The summed E-state index contributed by atoms with van der Waals surface area (Å²) in [7, 11) is 0. The third-order valence-electron chi connectivity index (χ3n) is 1.26. The van der Waals surface area contributed by atoms with Gasteiger partial charge in [0.25, 0.3) is 0 Å². The van der Waals surface area contributed by atoms with Crippen molar-refractivity contribution in [3.05, 3.63) is 34.1 Å². The van der Waals surface area contributed by atoms with E-state index >= 15 is 0 Å². The highest BCUT2D eigenvalue weighted by Crippen LogP contribution is 2.23. The van der Waals surface area contributed by atoms with E-state index in [4.69, 9.17) is 11.6 Å². The number of aldehydes is 1. The van der Waals surface area contributed by atoms with Gasteiger partial charge in [0.15, 0.2) is 17.9 Å². The summed E-state index contributed by atoms with van der Waals surface area (Å²) in [5.41, 5.74) is -0.797. The molecule has 0 fully saturated rings. The fourth-order valence-corrected chi connectivity index (χ4v) is 0.877. The third-order valence-corrected chi connectivity index (χ3v) is 1.65. The smallest absolute Gasteiger partial charge is 0.171 e. The van der Waals surface area contributed by atoms with E-state index in [0.717, 1.165) is 0 Å². The van der Waals surface area contributed by atoms with Gasteiger partial charge < -0.3 is 0 Å². The molecule has 5 heteroatoms. The van der Waals surface area contributed by atoms with Crippen LogP contribution in [0, 0.1) is 17.5 Å². The molecule has 0 bridgehead atoms. The van der Waals surface area contributed by atoms with Crippen molar-refractivity contribution in [2.45, 2.75) is 0 Å². The maximum atomic E-state index is 12.6. The zero-order valence-electron chi connectivity index (χ0n) is 5.57. The van der Waals surface area contributed by atoms with Crippen molar-refractivity contribution < 1.29 is 18.0 Å². The van der Waals surface area contributed by atoms with E-state index in [-0.39, 0.29) is 12.4 Å². The first-order valence-corrected chi connectivity index (χ1v) is 3.24. The molecule has 0 aliphatic carbocycles. The lowest BCUT2D eigenvalue weighted by molar-refractivity contribution is 0.111. The van der Waals surface area contributed by atoms with Crippen molar-refractivity contribution in [1.82, 2.24) is 0 Å². The molecule has 0 unspecified atom stereocenters. The van der Waals surface area contributed by atoms with Gasteiger partial charge in [0.05, 0.1) is 10.6 Å². The highest BCUT2D eigenvalue weighted by molar-refractivity contribution is 6.33. The number of carbonyl (C=O) groups excluding carboxylic acids is 1. The van der Waals surface area contributed by atoms with E-state index < -0.39 is 28.0 Å². The van der Waals surface area contributed by atoms with E-state index in [2.05, 4.69) is 0 Å². The average molecular weight is 195 g/mol. The lowest BCUT2D eigenvalue weighted by atomic mass is 10.2. The normalized spacial score (nSPS) is 10.0. The topological polar surface area (TPSA) is 17.1 Å². The summed E-state index contributed by atoms with van der Waals surface area (Å²) < 4.78 is 37.5. The second kappa shape index (κ2) is 3.15. The molecule has 0 saturated heterocycles. The molecule has 12 heavy (non-hydrogen) atoms. The Labute approximate surface area is 70.8 Å². The molecule has 0 aromatic heterocycles. The van der Waals surface area contributed by atoms with Crippen LogP contribution in [0.5, 0.6) is 0 Å². The number of halogens is 4. The van der Waals surface area contributed by atoms with Crippen LogP contribution < -0.4 is 0 Å². The molecule has 0 spiro atoms. The Bertz CT molecular complexity index is 312. The van der Waals surface area contributed by atoms with Gasteiger partial charge in [-0.05, 0) is 0 Å². The fourth-order valence-electron chi connectivity index (χ4n) is 0.695. The molecule has 64 valence electrons. The second-order valence-corrected chi connectivity index (χ2v) is 2.38. The summed E-state index contributed by atoms with van der Waals surface area (Å²) in [5, 5.41) is -0.705. The van der Waals surface area contributed by atoms with Crippen LogP contribution in [0.3, 0.4) is 0 Å². The van der Waals surface area contributed by atoms with Gasteiger partial charge in [-0.15, -0.1) is 0 Å². The van der Waals surface area contributed by atoms with Crippen LogP contribution in [0.25, 0.3) is 0 Å². The number of carbonyl (C=O) groups is 1. The van der Waals surface area contributed by atoms with Crippen LogP contribution in [0.1, 0.15) is 10.4 Å². The number of hydrogen-bond acceptors (Lipinski definition) is 1. The quantitative estimate of drug-likeness (QED) is 0.496. The summed E-state index contributed by atoms with van der Waals surface area (Å²) in [6.45, 7) is 0. The monoisotopic (exact) mass is 194 g/mol. The number of rotatable bonds is 1. The second-order valence-electron chi connectivity index (χ2n) is 2.00. The molecule has 1 aromatic rings. The number of benzene rings is 1. The van der Waals surface area contributed by atoms with Crippen LogP contribution >= 0.6 is 11.6 Å². The summed E-state index contributed by atoms with van der Waals surface area (Å²) in [5.74, 6) is -4.02. The highest BCUT2D eigenvalue weighted by atomic mass is 35.5. The first-order chi connectivity index (χ1) is 5.57. The Hall–Kier alpha value is -1.03. The van der Waals surface area contributed by atoms with Crippen LogP contribution in [0.4, 0.5) is 13.2 Å². The van der Waals surface area contributed by atoms with E-state index in [9.17, 15) is 18.0 Å². The standard InChI is InChI=1S/C7H2ClF3O/c8-6-3(2-12)7(11)5(10)1-4(6)9/h1-2H.